The number of aryl methyl sites for hydroxylation is 1. The van der Waals surface area contributed by atoms with Crippen molar-refractivity contribution < 1.29 is 0 Å². The van der Waals surface area contributed by atoms with E-state index >= 15 is 0 Å². The molecule has 0 unspecified atom stereocenters. The molecule has 0 aliphatic heterocycles. The molecule has 0 bridgehead atoms. The molecule has 1 aliphatic rings. The fourth-order valence-electron chi connectivity index (χ4n) is 2.44. The molecule has 0 saturated heterocycles. The Kier molecular flexibility index (Phi) is 4.52. The molecule has 96 valence electrons. The standard InChI is InChI=1S/C14H20N4/c1-11-9-16-14(18-13(11)7-8-15)17-10-12-5-3-2-4-6-12/h9,12H,2-7,10H2,1H3,(H,16,17,18). The average Bonchev–Trinajstić information content (AvgIpc) is 2.41. The van der Waals surface area contributed by atoms with Crippen LogP contribution in [0.15, 0.2) is 6.20 Å². The minimum Gasteiger partial charge on any atom is -0.354 e. The smallest absolute Gasteiger partial charge is 0.222 e. The first-order valence-corrected chi connectivity index (χ1v) is 6.73. The Balaban J connectivity index is 1.92. The van der Waals surface area contributed by atoms with Crippen molar-refractivity contribution in [3.63, 3.8) is 0 Å². The van der Waals surface area contributed by atoms with Gasteiger partial charge < -0.3 is 5.32 Å². The zero-order chi connectivity index (χ0) is 12.8. The van der Waals surface area contributed by atoms with Crippen LogP contribution in [0.5, 0.6) is 0 Å². The van der Waals surface area contributed by atoms with Crippen LogP contribution < -0.4 is 5.32 Å². The molecule has 1 aromatic rings. The van der Waals surface area contributed by atoms with E-state index in [1.165, 1.54) is 32.1 Å². The van der Waals surface area contributed by atoms with E-state index in [2.05, 4.69) is 21.4 Å². The SMILES string of the molecule is Cc1cnc(NCC2CCCCC2)nc1CC#N. The van der Waals surface area contributed by atoms with Gasteiger partial charge in [0.2, 0.25) is 5.95 Å². The van der Waals surface area contributed by atoms with E-state index in [9.17, 15) is 0 Å². The van der Waals surface area contributed by atoms with E-state index < -0.39 is 0 Å². The molecular weight excluding hydrogens is 224 g/mol. The molecule has 1 saturated carbocycles. The van der Waals surface area contributed by atoms with Gasteiger partial charge >= 0.3 is 0 Å². The van der Waals surface area contributed by atoms with Crippen molar-refractivity contribution >= 4 is 5.95 Å². The van der Waals surface area contributed by atoms with Crippen LogP contribution in [-0.4, -0.2) is 16.5 Å². The molecule has 0 amide bonds. The van der Waals surface area contributed by atoms with Crippen molar-refractivity contribution in [1.82, 2.24) is 9.97 Å². The Morgan fingerprint density at radius 3 is 2.89 bits per heavy atom. The van der Waals surface area contributed by atoms with Crippen molar-refractivity contribution in [1.29, 1.82) is 5.26 Å². The highest BCUT2D eigenvalue weighted by atomic mass is 15.1. The Bertz CT molecular complexity index is 430. The molecule has 1 aliphatic carbocycles. The van der Waals surface area contributed by atoms with Crippen molar-refractivity contribution in [3.8, 4) is 6.07 Å². The zero-order valence-electron chi connectivity index (χ0n) is 10.9. The van der Waals surface area contributed by atoms with E-state index in [1.807, 2.05) is 6.92 Å². The number of aromatic nitrogens is 2. The van der Waals surface area contributed by atoms with Crippen molar-refractivity contribution in [2.24, 2.45) is 5.92 Å². The number of nitrogens with one attached hydrogen (secondary N) is 1. The molecule has 0 spiro atoms. The lowest BCUT2D eigenvalue weighted by atomic mass is 9.89. The summed E-state index contributed by atoms with van der Waals surface area (Å²) in [6, 6.07) is 2.14. The minimum absolute atomic E-state index is 0.354. The van der Waals surface area contributed by atoms with E-state index in [0.717, 1.165) is 23.7 Å². The van der Waals surface area contributed by atoms with Gasteiger partial charge in [0.1, 0.15) is 0 Å². The fraction of sp³-hybridized carbons (Fsp3) is 0.643. The molecule has 18 heavy (non-hydrogen) atoms. The summed E-state index contributed by atoms with van der Waals surface area (Å²) >= 11 is 0. The van der Waals surface area contributed by atoms with Gasteiger partial charge in [-0.3, -0.25) is 0 Å². The summed E-state index contributed by atoms with van der Waals surface area (Å²) in [7, 11) is 0. The van der Waals surface area contributed by atoms with Crippen LogP contribution in [-0.2, 0) is 6.42 Å². The monoisotopic (exact) mass is 244 g/mol. The molecule has 1 N–H and O–H groups in total. The van der Waals surface area contributed by atoms with E-state index in [4.69, 9.17) is 5.26 Å². The third kappa shape index (κ3) is 3.43. The van der Waals surface area contributed by atoms with Crippen LogP contribution in [0, 0.1) is 24.2 Å². The lowest BCUT2D eigenvalue weighted by molar-refractivity contribution is 0.373. The lowest BCUT2D eigenvalue weighted by Crippen LogP contribution is -2.18. The lowest BCUT2D eigenvalue weighted by Gasteiger charge is -2.21. The number of hydrogen-bond donors (Lipinski definition) is 1. The average molecular weight is 244 g/mol. The van der Waals surface area contributed by atoms with Crippen molar-refractivity contribution in [3.05, 3.63) is 17.5 Å². The molecule has 4 nitrogen and oxygen atoms in total. The molecule has 2 rings (SSSR count). The molecule has 0 radical (unpaired) electrons. The third-order valence-electron chi connectivity index (χ3n) is 3.60. The van der Waals surface area contributed by atoms with Gasteiger partial charge in [-0.05, 0) is 31.2 Å². The molecular formula is C14H20N4. The van der Waals surface area contributed by atoms with Crippen LogP contribution in [0.25, 0.3) is 0 Å². The molecule has 0 atom stereocenters. The van der Waals surface area contributed by atoms with Crippen molar-refractivity contribution in [2.45, 2.75) is 45.4 Å². The summed E-state index contributed by atoms with van der Waals surface area (Å²) in [5, 5.41) is 12.0. The molecule has 1 aromatic heterocycles. The van der Waals surface area contributed by atoms with Crippen molar-refractivity contribution in [2.75, 3.05) is 11.9 Å². The summed E-state index contributed by atoms with van der Waals surface area (Å²) in [4.78, 5) is 8.68. The van der Waals surface area contributed by atoms with Crippen LogP contribution in [0.4, 0.5) is 5.95 Å². The Labute approximate surface area is 108 Å². The zero-order valence-corrected chi connectivity index (χ0v) is 10.9. The van der Waals surface area contributed by atoms with Crippen LogP contribution >= 0.6 is 0 Å². The largest absolute Gasteiger partial charge is 0.354 e. The van der Waals surface area contributed by atoms with Crippen LogP contribution in [0.3, 0.4) is 0 Å². The number of nitriles is 1. The highest BCUT2D eigenvalue weighted by molar-refractivity contribution is 5.30. The molecule has 1 heterocycles. The topological polar surface area (TPSA) is 61.6 Å². The normalized spacial score (nSPS) is 16.2. The second-order valence-corrected chi connectivity index (χ2v) is 5.04. The maximum atomic E-state index is 8.74. The van der Waals surface area contributed by atoms with Gasteiger partial charge in [-0.25, -0.2) is 9.97 Å². The molecule has 0 aromatic carbocycles. The fourth-order valence-corrected chi connectivity index (χ4v) is 2.44. The second kappa shape index (κ2) is 6.34. The number of rotatable bonds is 4. The number of hydrogen-bond acceptors (Lipinski definition) is 4. The van der Waals surface area contributed by atoms with Gasteiger partial charge in [0, 0.05) is 12.7 Å². The highest BCUT2D eigenvalue weighted by Crippen LogP contribution is 2.23. The Morgan fingerprint density at radius 2 is 2.17 bits per heavy atom. The quantitative estimate of drug-likeness (QED) is 0.884. The summed E-state index contributed by atoms with van der Waals surface area (Å²) in [6.45, 7) is 2.90. The van der Waals surface area contributed by atoms with Crippen LogP contribution in [0.1, 0.15) is 43.4 Å². The van der Waals surface area contributed by atoms with Gasteiger partial charge in [0.15, 0.2) is 0 Å². The molecule has 4 heteroatoms. The van der Waals surface area contributed by atoms with Gasteiger partial charge in [-0.1, -0.05) is 19.3 Å². The summed E-state index contributed by atoms with van der Waals surface area (Å²) < 4.78 is 0. The first kappa shape index (κ1) is 12.8. The van der Waals surface area contributed by atoms with E-state index in [0.29, 0.717) is 12.4 Å². The highest BCUT2D eigenvalue weighted by Gasteiger charge is 2.13. The van der Waals surface area contributed by atoms with Gasteiger partial charge in [-0.15, -0.1) is 0 Å². The van der Waals surface area contributed by atoms with Gasteiger partial charge in [-0.2, -0.15) is 5.26 Å². The minimum atomic E-state index is 0.354. The van der Waals surface area contributed by atoms with Gasteiger partial charge in [0.25, 0.3) is 0 Å². The van der Waals surface area contributed by atoms with E-state index in [1.54, 1.807) is 6.20 Å². The maximum absolute atomic E-state index is 8.74. The molecule has 1 fully saturated rings. The van der Waals surface area contributed by atoms with Gasteiger partial charge in [0.05, 0.1) is 18.2 Å². The Morgan fingerprint density at radius 1 is 1.39 bits per heavy atom. The summed E-state index contributed by atoms with van der Waals surface area (Å²) in [5.74, 6) is 1.42. The predicted octanol–water partition coefficient (Wildman–Crippen LogP) is 2.84. The predicted molar refractivity (Wildman–Crippen MR) is 71.2 cm³/mol. The number of anilines is 1. The summed E-state index contributed by atoms with van der Waals surface area (Å²) in [5.41, 5.74) is 1.82. The number of nitrogens with zero attached hydrogens (tertiary/aromatic N) is 3. The van der Waals surface area contributed by atoms with E-state index in [-0.39, 0.29) is 0 Å². The Hall–Kier alpha value is -1.63. The first-order valence-electron chi connectivity index (χ1n) is 6.73. The third-order valence-corrected chi connectivity index (χ3v) is 3.60. The summed E-state index contributed by atoms with van der Waals surface area (Å²) in [6.07, 6.45) is 8.84. The maximum Gasteiger partial charge on any atom is 0.222 e. The second-order valence-electron chi connectivity index (χ2n) is 5.04. The van der Waals surface area contributed by atoms with Crippen LogP contribution in [0.2, 0.25) is 0 Å². The first-order chi connectivity index (χ1) is 8.79.